The Kier molecular flexibility index (Phi) is 5.20. The van der Waals surface area contributed by atoms with E-state index in [-0.39, 0.29) is 0 Å². The van der Waals surface area contributed by atoms with Crippen LogP contribution in [0.15, 0.2) is 0 Å². The lowest BCUT2D eigenvalue weighted by Crippen LogP contribution is -2.34. The maximum absolute atomic E-state index is 11.9. The van der Waals surface area contributed by atoms with Crippen molar-refractivity contribution in [3.05, 3.63) is 5.82 Å². The highest BCUT2D eigenvalue weighted by Gasteiger charge is 2.40. The van der Waals surface area contributed by atoms with Gasteiger partial charge in [0, 0.05) is 19.5 Å². The Labute approximate surface area is 126 Å². The van der Waals surface area contributed by atoms with Crippen LogP contribution in [0.5, 0.6) is 0 Å². The van der Waals surface area contributed by atoms with E-state index < -0.39 is 11.4 Å². The summed E-state index contributed by atoms with van der Waals surface area (Å²) in [5, 5.41) is 21.4. The van der Waals surface area contributed by atoms with Crippen molar-refractivity contribution in [3.63, 3.8) is 0 Å². The van der Waals surface area contributed by atoms with Gasteiger partial charge < -0.3 is 10.4 Å². The number of aliphatic carboxylic acids is 1. The summed E-state index contributed by atoms with van der Waals surface area (Å²) in [5.41, 5.74) is -0.667. The van der Waals surface area contributed by atoms with Crippen LogP contribution in [0.25, 0.3) is 0 Å². The second-order valence-electron chi connectivity index (χ2n) is 5.89. The fourth-order valence-electron chi connectivity index (χ4n) is 3.26. The normalized spacial score (nSPS) is 18.2. The van der Waals surface area contributed by atoms with Crippen LogP contribution in [0.3, 0.4) is 0 Å². The number of hydrogen-bond donors (Lipinski definition) is 2. The van der Waals surface area contributed by atoms with Gasteiger partial charge in [-0.2, -0.15) is 0 Å². The first kappa shape index (κ1) is 15.8. The second-order valence-corrected chi connectivity index (χ2v) is 5.89. The van der Waals surface area contributed by atoms with Gasteiger partial charge in [-0.3, -0.25) is 9.36 Å². The van der Waals surface area contributed by atoms with Gasteiger partial charge in [-0.05, 0) is 26.7 Å². The zero-order chi connectivity index (χ0) is 15.3. The van der Waals surface area contributed by atoms with E-state index in [0.717, 1.165) is 63.4 Å². The number of nitrogens with one attached hydrogen (secondary N) is 1. The number of hydrogen-bond acceptors (Lipinski definition) is 4. The lowest BCUT2D eigenvalue weighted by molar-refractivity contribution is -0.150. The largest absolute Gasteiger partial charge is 0.481 e. The number of nitrogens with zero attached hydrogens (tertiary/aromatic N) is 3. The highest BCUT2D eigenvalue weighted by Crippen LogP contribution is 2.38. The zero-order valence-corrected chi connectivity index (χ0v) is 13.1. The summed E-state index contributed by atoms with van der Waals surface area (Å²) in [7, 11) is 0. The minimum Gasteiger partial charge on any atom is -0.481 e. The van der Waals surface area contributed by atoms with Crippen LogP contribution in [0, 0.1) is 5.41 Å². The Morgan fingerprint density at radius 1 is 1.24 bits per heavy atom. The summed E-state index contributed by atoms with van der Waals surface area (Å²) in [5.74, 6) is 0.849. The number of carboxylic acid groups (broad SMARTS) is 1. The van der Waals surface area contributed by atoms with Crippen molar-refractivity contribution in [2.75, 3.05) is 11.9 Å². The maximum atomic E-state index is 11.9. The third-order valence-corrected chi connectivity index (χ3v) is 4.49. The quantitative estimate of drug-likeness (QED) is 0.788. The van der Waals surface area contributed by atoms with Crippen LogP contribution < -0.4 is 5.32 Å². The first-order chi connectivity index (χ1) is 10.1. The molecule has 1 fully saturated rings. The molecule has 6 nitrogen and oxygen atoms in total. The second kappa shape index (κ2) is 6.91. The van der Waals surface area contributed by atoms with Gasteiger partial charge in [0.05, 0.1) is 5.41 Å². The minimum atomic E-state index is -0.681. The monoisotopic (exact) mass is 294 g/mol. The summed E-state index contributed by atoms with van der Waals surface area (Å²) < 4.78 is 2.00. The molecule has 0 radical (unpaired) electrons. The molecule has 0 spiro atoms. The van der Waals surface area contributed by atoms with Gasteiger partial charge in [0.15, 0.2) is 0 Å². The maximum Gasteiger partial charge on any atom is 0.310 e. The third-order valence-electron chi connectivity index (χ3n) is 4.49. The predicted molar refractivity (Wildman–Crippen MR) is 81.3 cm³/mol. The molecule has 1 aromatic rings. The van der Waals surface area contributed by atoms with Crippen molar-refractivity contribution in [1.82, 2.24) is 14.8 Å². The first-order valence-corrected chi connectivity index (χ1v) is 8.02. The standard InChI is InChI=1S/C15H26N4O2/c1-3-16-14-18-17-12(19(14)4-2)11-15(13(20)21)9-7-5-6-8-10-15/h3-11H2,1-2H3,(H,16,18)(H,20,21). The Morgan fingerprint density at radius 3 is 2.43 bits per heavy atom. The molecule has 118 valence electrons. The topological polar surface area (TPSA) is 80.0 Å². The molecule has 6 heteroatoms. The molecule has 0 aromatic carbocycles. The summed E-state index contributed by atoms with van der Waals surface area (Å²) in [4.78, 5) is 11.9. The number of carbonyl (C=O) groups is 1. The van der Waals surface area contributed by atoms with Crippen LogP contribution >= 0.6 is 0 Å². The molecule has 1 saturated carbocycles. The Hall–Kier alpha value is -1.59. The molecular weight excluding hydrogens is 268 g/mol. The molecule has 0 bridgehead atoms. The van der Waals surface area contributed by atoms with E-state index in [4.69, 9.17) is 0 Å². The summed E-state index contributed by atoms with van der Waals surface area (Å²) in [6.07, 6.45) is 6.23. The van der Waals surface area contributed by atoms with Gasteiger partial charge in [0.1, 0.15) is 5.82 Å². The average molecular weight is 294 g/mol. The van der Waals surface area contributed by atoms with Crippen LogP contribution in [-0.2, 0) is 17.8 Å². The molecule has 1 aromatic heterocycles. The molecule has 0 atom stereocenters. The van der Waals surface area contributed by atoms with Crippen LogP contribution in [0.4, 0.5) is 5.95 Å². The SMILES string of the molecule is CCNc1nnc(CC2(C(=O)O)CCCCCC2)n1CC. The van der Waals surface area contributed by atoms with E-state index in [0.29, 0.717) is 6.42 Å². The third kappa shape index (κ3) is 3.36. The molecule has 1 aliphatic carbocycles. The van der Waals surface area contributed by atoms with E-state index in [1.807, 2.05) is 18.4 Å². The highest BCUT2D eigenvalue weighted by atomic mass is 16.4. The summed E-state index contributed by atoms with van der Waals surface area (Å²) in [6.45, 7) is 5.58. The van der Waals surface area contributed by atoms with Crippen LogP contribution in [0.2, 0.25) is 0 Å². The molecule has 21 heavy (non-hydrogen) atoms. The lowest BCUT2D eigenvalue weighted by atomic mass is 9.77. The highest BCUT2D eigenvalue weighted by molar-refractivity contribution is 5.75. The van der Waals surface area contributed by atoms with E-state index in [1.165, 1.54) is 0 Å². The van der Waals surface area contributed by atoms with Crippen molar-refractivity contribution < 1.29 is 9.90 Å². The van der Waals surface area contributed by atoms with Crippen molar-refractivity contribution in [2.45, 2.75) is 65.3 Å². The lowest BCUT2D eigenvalue weighted by Gasteiger charge is -2.27. The number of aromatic nitrogens is 3. The van der Waals surface area contributed by atoms with E-state index in [9.17, 15) is 9.90 Å². The van der Waals surface area contributed by atoms with E-state index >= 15 is 0 Å². The van der Waals surface area contributed by atoms with Gasteiger partial charge >= 0.3 is 5.97 Å². The molecule has 2 rings (SSSR count). The Balaban J connectivity index is 2.26. The molecule has 2 N–H and O–H groups in total. The molecular formula is C15H26N4O2. The van der Waals surface area contributed by atoms with Gasteiger partial charge in [0.2, 0.25) is 5.95 Å². The van der Waals surface area contributed by atoms with Gasteiger partial charge in [-0.25, -0.2) is 0 Å². The Morgan fingerprint density at radius 2 is 1.90 bits per heavy atom. The molecule has 0 unspecified atom stereocenters. The van der Waals surface area contributed by atoms with Crippen LogP contribution in [0.1, 0.15) is 58.2 Å². The molecule has 0 amide bonds. The number of carboxylic acids is 1. The zero-order valence-electron chi connectivity index (χ0n) is 13.1. The average Bonchev–Trinajstić information content (AvgIpc) is 2.68. The smallest absolute Gasteiger partial charge is 0.310 e. The number of rotatable bonds is 6. The molecule has 1 aliphatic rings. The minimum absolute atomic E-state index is 0.481. The summed E-state index contributed by atoms with van der Waals surface area (Å²) >= 11 is 0. The Bertz CT molecular complexity index is 476. The van der Waals surface area contributed by atoms with Crippen molar-refractivity contribution in [3.8, 4) is 0 Å². The molecule has 0 saturated heterocycles. The van der Waals surface area contributed by atoms with E-state index in [1.54, 1.807) is 0 Å². The van der Waals surface area contributed by atoms with Gasteiger partial charge in [-0.15, -0.1) is 10.2 Å². The van der Waals surface area contributed by atoms with Gasteiger partial charge in [-0.1, -0.05) is 25.7 Å². The van der Waals surface area contributed by atoms with Crippen molar-refractivity contribution in [2.24, 2.45) is 5.41 Å². The van der Waals surface area contributed by atoms with Crippen molar-refractivity contribution >= 4 is 11.9 Å². The molecule has 0 aliphatic heterocycles. The first-order valence-electron chi connectivity index (χ1n) is 8.02. The summed E-state index contributed by atoms with van der Waals surface area (Å²) in [6, 6.07) is 0. The van der Waals surface area contributed by atoms with Crippen molar-refractivity contribution in [1.29, 1.82) is 0 Å². The fourth-order valence-corrected chi connectivity index (χ4v) is 3.26. The van der Waals surface area contributed by atoms with Gasteiger partial charge in [0.25, 0.3) is 0 Å². The van der Waals surface area contributed by atoms with E-state index in [2.05, 4.69) is 15.5 Å². The number of anilines is 1. The predicted octanol–water partition coefficient (Wildman–Crippen LogP) is 2.70. The fraction of sp³-hybridized carbons (Fsp3) is 0.800. The molecule has 1 heterocycles. The van der Waals surface area contributed by atoms with Crippen LogP contribution in [-0.4, -0.2) is 32.4 Å².